The van der Waals surface area contributed by atoms with Crippen molar-refractivity contribution in [2.75, 3.05) is 46.3 Å². The summed E-state index contributed by atoms with van der Waals surface area (Å²) in [5.74, 6) is 0. The minimum absolute atomic E-state index is 0.720. The third-order valence-electron chi connectivity index (χ3n) is 3.32. The van der Waals surface area contributed by atoms with Crippen LogP contribution in [-0.4, -0.2) is 62.2 Å². The van der Waals surface area contributed by atoms with Gasteiger partial charge in [-0.3, -0.25) is 4.90 Å². The van der Waals surface area contributed by atoms with Crippen LogP contribution in [0.3, 0.4) is 0 Å². The first-order valence-electron chi connectivity index (χ1n) is 5.87. The van der Waals surface area contributed by atoms with E-state index in [2.05, 4.69) is 36.0 Å². The number of nitrogens with zero attached hydrogens (tertiary/aromatic N) is 2. The molecular weight excluding hydrogens is 174 g/mol. The van der Waals surface area contributed by atoms with E-state index >= 15 is 0 Å². The zero-order valence-electron chi connectivity index (χ0n) is 9.92. The van der Waals surface area contributed by atoms with Crippen molar-refractivity contribution in [3.63, 3.8) is 0 Å². The fourth-order valence-corrected chi connectivity index (χ4v) is 1.77. The van der Waals surface area contributed by atoms with E-state index in [4.69, 9.17) is 0 Å². The van der Waals surface area contributed by atoms with Crippen molar-refractivity contribution in [3.05, 3.63) is 0 Å². The Kier molecular flexibility index (Phi) is 5.45. The van der Waals surface area contributed by atoms with Gasteiger partial charge in [0.15, 0.2) is 0 Å². The highest BCUT2D eigenvalue weighted by Crippen LogP contribution is 2.00. The van der Waals surface area contributed by atoms with Crippen LogP contribution in [0.1, 0.15) is 20.3 Å². The van der Waals surface area contributed by atoms with E-state index in [0.29, 0.717) is 0 Å². The second kappa shape index (κ2) is 6.38. The lowest BCUT2D eigenvalue weighted by Crippen LogP contribution is -2.46. The van der Waals surface area contributed by atoms with Crippen molar-refractivity contribution in [1.82, 2.24) is 15.1 Å². The fourth-order valence-electron chi connectivity index (χ4n) is 1.77. The Hall–Kier alpha value is -0.120. The quantitative estimate of drug-likeness (QED) is 0.700. The molecule has 1 aliphatic rings. The zero-order valence-corrected chi connectivity index (χ0v) is 9.92. The molecule has 0 radical (unpaired) electrons. The van der Waals surface area contributed by atoms with Crippen LogP contribution in [0.2, 0.25) is 0 Å². The molecule has 1 N–H and O–H groups in total. The lowest BCUT2D eigenvalue weighted by Gasteiger charge is -2.30. The Labute approximate surface area is 88.5 Å². The van der Waals surface area contributed by atoms with E-state index in [9.17, 15) is 0 Å². The van der Waals surface area contributed by atoms with Gasteiger partial charge in [-0.2, -0.15) is 0 Å². The highest BCUT2D eigenvalue weighted by atomic mass is 15.2. The molecule has 1 aliphatic heterocycles. The number of rotatable bonds is 5. The maximum Gasteiger partial charge on any atom is 0.0110 e. The van der Waals surface area contributed by atoms with Crippen molar-refractivity contribution in [1.29, 1.82) is 0 Å². The van der Waals surface area contributed by atoms with E-state index in [1.165, 1.54) is 32.6 Å². The van der Waals surface area contributed by atoms with E-state index in [1.54, 1.807) is 0 Å². The molecule has 1 saturated heterocycles. The van der Waals surface area contributed by atoms with Crippen molar-refractivity contribution in [2.45, 2.75) is 26.3 Å². The van der Waals surface area contributed by atoms with Gasteiger partial charge in [-0.1, -0.05) is 6.92 Å². The van der Waals surface area contributed by atoms with Gasteiger partial charge in [0.05, 0.1) is 0 Å². The van der Waals surface area contributed by atoms with Crippen LogP contribution in [0.15, 0.2) is 0 Å². The molecular formula is C11H25N3. The Morgan fingerprint density at radius 2 is 2.00 bits per heavy atom. The monoisotopic (exact) mass is 199 g/mol. The molecule has 3 nitrogen and oxygen atoms in total. The smallest absolute Gasteiger partial charge is 0.0110 e. The average Bonchev–Trinajstić information content (AvgIpc) is 2.26. The van der Waals surface area contributed by atoms with Crippen LogP contribution in [0.25, 0.3) is 0 Å². The lowest BCUT2D eigenvalue weighted by atomic mass is 10.2. The summed E-state index contributed by atoms with van der Waals surface area (Å²) in [6.45, 7) is 11.7. The summed E-state index contributed by atoms with van der Waals surface area (Å²) >= 11 is 0. The van der Waals surface area contributed by atoms with Gasteiger partial charge in [-0.25, -0.2) is 0 Å². The average molecular weight is 199 g/mol. The van der Waals surface area contributed by atoms with Crippen LogP contribution in [0, 0.1) is 0 Å². The molecule has 0 aromatic rings. The summed E-state index contributed by atoms with van der Waals surface area (Å²) in [4.78, 5) is 5.01. The standard InChI is InChI=1S/C11H25N3/c1-4-11(2)13(3)9-10-14-7-5-12-6-8-14/h11-12H,4-10H2,1-3H3. The van der Waals surface area contributed by atoms with Crippen molar-refractivity contribution >= 4 is 0 Å². The Balaban J connectivity index is 2.12. The number of nitrogens with one attached hydrogen (secondary N) is 1. The molecule has 84 valence electrons. The Morgan fingerprint density at radius 1 is 1.36 bits per heavy atom. The molecule has 0 bridgehead atoms. The largest absolute Gasteiger partial charge is 0.314 e. The minimum Gasteiger partial charge on any atom is -0.314 e. The number of piperazine rings is 1. The van der Waals surface area contributed by atoms with Gasteiger partial charge >= 0.3 is 0 Å². The molecule has 0 spiro atoms. The lowest BCUT2D eigenvalue weighted by molar-refractivity contribution is 0.180. The van der Waals surface area contributed by atoms with Crippen molar-refractivity contribution in [2.24, 2.45) is 0 Å². The van der Waals surface area contributed by atoms with Gasteiger partial charge in [0.1, 0.15) is 0 Å². The van der Waals surface area contributed by atoms with Crippen LogP contribution in [-0.2, 0) is 0 Å². The predicted octanol–water partition coefficient (Wildman–Crippen LogP) is 0.622. The molecule has 1 unspecified atom stereocenters. The van der Waals surface area contributed by atoms with Crippen LogP contribution in [0.5, 0.6) is 0 Å². The maximum absolute atomic E-state index is 3.38. The van der Waals surface area contributed by atoms with Crippen LogP contribution >= 0.6 is 0 Å². The summed E-state index contributed by atoms with van der Waals surface area (Å²) in [6, 6.07) is 0.720. The normalized spacial score (nSPS) is 21.4. The molecule has 1 fully saturated rings. The molecule has 0 aliphatic carbocycles. The fraction of sp³-hybridized carbons (Fsp3) is 1.00. The molecule has 0 amide bonds. The number of hydrogen-bond donors (Lipinski definition) is 1. The van der Waals surface area contributed by atoms with E-state index in [-0.39, 0.29) is 0 Å². The zero-order chi connectivity index (χ0) is 10.4. The predicted molar refractivity (Wildman–Crippen MR) is 61.7 cm³/mol. The first-order valence-corrected chi connectivity index (χ1v) is 5.87. The molecule has 1 rings (SSSR count). The van der Waals surface area contributed by atoms with E-state index in [1.807, 2.05) is 0 Å². The van der Waals surface area contributed by atoms with Gasteiger partial charge < -0.3 is 10.2 Å². The van der Waals surface area contributed by atoms with Gasteiger partial charge in [0.2, 0.25) is 0 Å². The first-order chi connectivity index (χ1) is 6.74. The molecule has 14 heavy (non-hydrogen) atoms. The molecule has 0 aromatic heterocycles. The molecule has 0 saturated carbocycles. The Bertz CT molecular complexity index is 141. The summed E-state index contributed by atoms with van der Waals surface area (Å²) in [5.41, 5.74) is 0. The van der Waals surface area contributed by atoms with Gasteiger partial charge in [-0.15, -0.1) is 0 Å². The molecule has 3 heteroatoms. The van der Waals surface area contributed by atoms with Crippen LogP contribution < -0.4 is 5.32 Å². The van der Waals surface area contributed by atoms with E-state index in [0.717, 1.165) is 19.1 Å². The maximum atomic E-state index is 3.38. The van der Waals surface area contributed by atoms with Gasteiger partial charge in [-0.05, 0) is 20.4 Å². The first kappa shape index (κ1) is 12.0. The highest BCUT2D eigenvalue weighted by molar-refractivity contribution is 4.70. The molecule has 0 aromatic carbocycles. The Morgan fingerprint density at radius 3 is 2.57 bits per heavy atom. The van der Waals surface area contributed by atoms with Gasteiger partial charge in [0, 0.05) is 45.3 Å². The highest BCUT2D eigenvalue weighted by Gasteiger charge is 2.11. The summed E-state index contributed by atoms with van der Waals surface area (Å²) in [7, 11) is 2.23. The van der Waals surface area contributed by atoms with E-state index < -0.39 is 0 Å². The molecule has 1 atom stereocenters. The number of likely N-dealkylation sites (N-methyl/N-ethyl adjacent to an activating group) is 1. The second-order valence-electron chi connectivity index (χ2n) is 4.33. The third-order valence-corrected chi connectivity index (χ3v) is 3.32. The number of hydrogen-bond acceptors (Lipinski definition) is 3. The SMILES string of the molecule is CCC(C)N(C)CCN1CCNCC1. The minimum atomic E-state index is 0.720. The molecule has 1 heterocycles. The van der Waals surface area contributed by atoms with Crippen LogP contribution in [0.4, 0.5) is 0 Å². The van der Waals surface area contributed by atoms with Crippen molar-refractivity contribution in [3.8, 4) is 0 Å². The topological polar surface area (TPSA) is 18.5 Å². The third kappa shape index (κ3) is 3.95. The van der Waals surface area contributed by atoms with Crippen molar-refractivity contribution < 1.29 is 0 Å². The summed E-state index contributed by atoms with van der Waals surface area (Å²) in [5, 5.41) is 3.38. The van der Waals surface area contributed by atoms with Gasteiger partial charge in [0.25, 0.3) is 0 Å². The second-order valence-corrected chi connectivity index (χ2v) is 4.33. The summed E-state index contributed by atoms with van der Waals surface area (Å²) < 4.78 is 0. The summed E-state index contributed by atoms with van der Waals surface area (Å²) in [6.07, 6.45) is 1.25.